The van der Waals surface area contributed by atoms with Gasteiger partial charge < -0.3 is 9.84 Å². The van der Waals surface area contributed by atoms with Gasteiger partial charge in [0.15, 0.2) is 0 Å². The normalized spacial score (nSPS) is 11.3. The Labute approximate surface area is 212 Å². The van der Waals surface area contributed by atoms with E-state index in [4.69, 9.17) is 9.84 Å². The van der Waals surface area contributed by atoms with Crippen LogP contribution in [0.15, 0.2) is 91.0 Å². The molecule has 1 aliphatic rings. The number of carboxylic acid groups (broad SMARTS) is 1. The van der Waals surface area contributed by atoms with Crippen molar-refractivity contribution in [3.63, 3.8) is 0 Å². The molecule has 0 unspecified atom stereocenters. The summed E-state index contributed by atoms with van der Waals surface area (Å²) in [5.41, 5.74) is 2.92. The second-order valence-electron chi connectivity index (χ2n) is 9.50. The minimum absolute atomic E-state index is 0.297. The Balaban J connectivity index is 0.000000161. The van der Waals surface area contributed by atoms with Crippen LogP contribution < -0.4 is 4.74 Å². The van der Waals surface area contributed by atoms with Crippen molar-refractivity contribution in [1.29, 1.82) is 0 Å². The van der Waals surface area contributed by atoms with Crippen molar-refractivity contribution in [3.05, 3.63) is 91.0 Å². The van der Waals surface area contributed by atoms with Gasteiger partial charge in [0.2, 0.25) is 0 Å². The van der Waals surface area contributed by atoms with Crippen molar-refractivity contribution in [3.8, 4) is 16.9 Å². The molecule has 0 atom stereocenters. The monoisotopic (exact) mass is 476 g/mol. The number of hydrogen-bond acceptors (Lipinski definition) is 2. The molecule has 0 saturated heterocycles. The molecule has 3 nitrogen and oxygen atoms in total. The highest BCUT2D eigenvalue weighted by Gasteiger charge is 2.23. The summed E-state index contributed by atoms with van der Waals surface area (Å²) in [5, 5.41) is 16.6. The third-order valence-electron chi connectivity index (χ3n) is 6.87. The van der Waals surface area contributed by atoms with Gasteiger partial charge >= 0.3 is 5.97 Å². The van der Waals surface area contributed by atoms with E-state index >= 15 is 0 Å². The third-order valence-corrected chi connectivity index (χ3v) is 6.87. The molecule has 0 fully saturated rings. The highest BCUT2D eigenvalue weighted by Crippen LogP contribution is 2.51. The van der Waals surface area contributed by atoms with Crippen LogP contribution in [0.5, 0.6) is 5.75 Å². The Morgan fingerprint density at radius 3 is 2.17 bits per heavy atom. The lowest BCUT2D eigenvalue weighted by molar-refractivity contribution is -0.137. The molecule has 5 aromatic rings. The van der Waals surface area contributed by atoms with E-state index in [0.717, 1.165) is 50.9 Å². The van der Waals surface area contributed by atoms with Gasteiger partial charge in [0, 0.05) is 6.42 Å². The molecule has 36 heavy (non-hydrogen) atoms. The number of rotatable bonds is 10. The first kappa shape index (κ1) is 23.9. The van der Waals surface area contributed by atoms with Gasteiger partial charge in [-0.25, -0.2) is 0 Å². The van der Waals surface area contributed by atoms with Crippen molar-refractivity contribution in [1.82, 2.24) is 0 Å². The van der Waals surface area contributed by atoms with Gasteiger partial charge in [0.1, 0.15) is 5.75 Å². The molecule has 0 spiro atoms. The average Bonchev–Trinajstić information content (AvgIpc) is 3.64. The average molecular weight is 477 g/mol. The van der Waals surface area contributed by atoms with Gasteiger partial charge in [0.05, 0.1) is 6.61 Å². The maximum atomic E-state index is 10.4. The van der Waals surface area contributed by atoms with Crippen molar-refractivity contribution < 1.29 is 14.6 Å². The molecule has 1 aliphatic carbocycles. The second-order valence-corrected chi connectivity index (χ2v) is 9.50. The van der Waals surface area contributed by atoms with Crippen LogP contribution in [0.1, 0.15) is 44.9 Å². The van der Waals surface area contributed by atoms with Crippen molar-refractivity contribution in [2.75, 3.05) is 6.61 Å². The number of carbonyl (C=O) groups is 1. The van der Waals surface area contributed by atoms with Crippen LogP contribution in [0.25, 0.3) is 43.4 Å². The zero-order valence-electron chi connectivity index (χ0n) is 20.6. The second kappa shape index (κ2) is 11.3. The van der Waals surface area contributed by atoms with Gasteiger partial charge in [0.25, 0.3) is 0 Å². The van der Waals surface area contributed by atoms with Crippen LogP contribution in [0.4, 0.5) is 0 Å². The van der Waals surface area contributed by atoms with Crippen LogP contribution in [0.3, 0.4) is 0 Å². The van der Waals surface area contributed by atoms with Gasteiger partial charge in [-0.1, -0.05) is 98.5 Å². The zero-order valence-corrected chi connectivity index (χ0v) is 20.6. The summed E-state index contributed by atoms with van der Waals surface area (Å²) in [6, 6.07) is 31.9. The quantitative estimate of drug-likeness (QED) is 0.158. The van der Waals surface area contributed by atoms with E-state index in [1.807, 2.05) is 18.2 Å². The lowest BCUT2D eigenvalue weighted by atomic mass is 10.1. The fourth-order valence-corrected chi connectivity index (χ4v) is 4.95. The first-order chi connectivity index (χ1) is 17.7. The lowest BCUT2D eigenvalue weighted by Gasteiger charge is -2.07. The summed E-state index contributed by atoms with van der Waals surface area (Å²) in [4.78, 5) is 10.4. The molecule has 0 heterocycles. The summed E-state index contributed by atoms with van der Waals surface area (Å²) >= 11 is 0. The Morgan fingerprint density at radius 1 is 0.639 bits per heavy atom. The van der Waals surface area contributed by atoms with Gasteiger partial charge in [-0.3, -0.25) is 4.79 Å². The van der Waals surface area contributed by atoms with Crippen molar-refractivity contribution >= 4 is 38.3 Å². The highest BCUT2D eigenvalue weighted by molar-refractivity contribution is 6.29. The van der Waals surface area contributed by atoms with Crippen LogP contribution in [-0.2, 0) is 4.79 Å². The zero-order chi connectivity index (χ0) is 24.7. The molecule has 0 bridgehead atoms. The van der Waals surface area contributed by atoms with Gasteiger partial charge in [-0.2, -0.15) is 0 Å². The van der Waals surface area contributed by atoms with E-state index in [9.17, 15) is 4.79 Å². The smallest absolute Gasteiger partial charge is 0.303 e. The predicted molar refractivity (Wildman–Crippen MR) is 150 cm³/mol. The summed E-state index contributed by atoms with van der Waals surface area (Å²) in [6.45, 7) is 0.744. The summed E-state index contributed by atoms with van der Waals surface area (Å²) in [7, 11) is 0. The molecule has 0 aromatic heterocycles. The minimum atomic E-state index is -0.691. The molecular formula is C33H32O3. The topological polar surface area (TPSA) is 46.5 Å². The van der Waals surface area contributed by atoms with Crippen LogP contribution in [-0.4, -0.2) is 17.7 Å². The van der Waals surface area contributed by atoms with Crippen LogP contribution >= 0.6 is 0 Å². The van der Waals surface area contributed by atoms with E-state index < -0.39 is 5.97 Å². The predicted octanol–water partition coefficient (Wildman–Crippen LogP) is 9.01. The fourth-order valence-electron chi connectivity index (χ4n) is 4.95. The van der Waals surface area contributed by atoms with Crippen molar-refractivity contribution in [2.45, 2.75) is 44.9 Å². The minimum Gasteiger partial charge on any atom is -0.494 e. The maximum absolute atomic E-state index is 10.4. The van der Waals surface area contributed by atoms with Crippen molar-refractivity contribution in [2.24, 2.45) is 0 Å². The standard InChI is InChI=1S/C19H24O3.C14H8/c20-19(21)11-5-3-1-2-4-8-14-22-18-13-12-16-9-6-7-10-17(16)15-18;1-2-6-11-9(4-1)8-10-5-3-7-12-13(10)14(11)12/h6-7,9-10,12-13,15H,1-5,8,11,14H2,(H,20,21);1-8H. The molecule has 1 N–H and O–H groups in total. The third kappa shape index (κ3) is 5.68. The number of unbranched alkanes of at least 4 members (excludes halogenated alkanes) is 5. The first-order valence-corrected chi connectivity index (χ1v) is 13.0. The molecule has 5 aromatic carbocycles. The Morgan fingerprint density at radius 2 is 1.33 bits per heavy atom. The molecule has 6 rings (SSSR count). The summed E-state index contributed by atoms with van der Waals surface area (Å²) < 4.78 is 5.80. The lowest BCUT2D eigenvalue weighted by Crippen LogP contribution is -1.97. The number of fused-ring (bicyclic) bond motifs is 4. The van der Waals surface area contributed by atoms with E-state index in [1.54, 1.807) is 0 Å². The Hall–Kier alpha value is -3.85. The molecule has 0 saturated carbocycles. The number of benzene rings is 5. The molecular weight excluding hydrogens is 444 g/mol. The SMILES string of the molecule is O=C(O)CCCCCCCCOc1ccc2ccccc2c1.c1ccc2c3c4c-3cccc4cc2c1. The molecule has 0 aliphatic heterocycles. The maximum Gasteiger partial charge on any atom is 0.303 e. The van der Waals surface area contributed by atoms with E-state index in [1.165, 1.54) is 43.4 Å². The Bertz CT molecular complexity index is 1500. The number of aliphatic carboxylic acids is 1. The molecule has 0 amide bonds. The van der Waals surface area contributed by atoms with Gasteiger partial charge in [-0.05, 0) is 74.5 Å². The molecule has 182 valence electrons. The van der Waals surface area contributed by atoms with Crippen LogP contribution in [0, 0.1) is 0 Å². The highest BCUT2D eigenvalue weighted by atomic mass is 16.5. The Kier molecular flexibility index (Phi) is 7.47. The van der Waals surface area contributed by atoms with E-state index in [-0.39, 0.29) is 0 Å². The first-order valence-electron chi connectivity index (χ1n) is 13.0. The summed E-state index contributed by atoms with van der Waals surface area (Å²) in [5.74, 6) is 0.240. The number of carboxylic acids is 1. The number of ether oxygens (including phenoxy) is 1. The molecule has 3 heteroatoms. The molecule has 0 radical (unpaired) electrons. The van der Waals surface area contributed by atoms with Crippen LogP contribution in [0.2, 0.25) is 0 Å². The summed E-state index contributed by atoms with van der Waals surface area (Å²) in [6.07, 6.45) is 6.56. The van der Waals surface area contributed by atoms with E-state index in [0.29, 0.717) is 6.42 Å². The fraction of sp³-hybridized carbons (Fsp3) is 0.242. The van der Waals surface area contributed by atoms with Gasteiger partial charge in [-0.15, -0.1) is 0 Å². The van der Waals surface area contributed by atoms with E-state index in [2.05, 4.69) is 72.8 Å². The largest absolute Gasteiger partial charge is 0.494 e. The number of hydrogen-bond donors (Lipinski definition) is 1.